The van der Waals surface area contributed by atoms with Crippen molar-refractivity contribution < 1.29 is 14.3 Å². The minimum atomic E-state index is -0.329. The molecule has 1 aromatic carbocycles. The van der Waals surface area contributed by atoms with Gasteiger partial charge in [-0.05, 0) is 119 Å². The number of unbranched alkanes of at least 4 members (excludes halogenated alkanes) is 1. The predicted molar refractivity (Wildman–Crippen MR) is 139 cm³/mol. The smallest absolute Gasteiger partial charge is 0.223 e. The van der Waals surface area contributed by atoms with Crippen molar-refractivity contribution in [2.75, 3.05) is 26.2 Å². The van der Waals surface area contributed by atoms with Gasteiger partial charge in [0.05, 0.1) is 6.61 Å². The van der Waals surface area contributed by atoms with Crippen LogP contribution in [0.5, 0.6) is 5.75 Å². The number of hydrogen-bond acceptors (Lipinski definition) is 4. The van der Waals surface area contributed by atoms with Crippen LogP contribution in [0.1, 0.15) is 89.2 Å². The van der Waals surface area contributed by atoms with Gasteiger partial charge in [0.15, 0.2) is 0 Å². The van der Waals surface area contributed by atoms with Crippen LogP contribution in [-0.2, 0) is 16.0 Å². The van der Waals surface area contributed by atoms with Crippen molar-refractivity contribution in [2.24, 2.45) is 23.2 Å². The van der Waals surface area contributed by atoms with E-state index in [9.17, 15) is 9.59 Å². The molecule has 1 saturated heterocycles. The summed E-state index contributed by atoms with van der Waals surface area (Å²) >= 11 is 0. The van der Waals surface area contributed by atoms with Gasteiger partial charge in [-0.3, -0.25) is 9.59 Å². The molecule has 4 aliphatic rings. The van der Waals surface area contributed by atoms with Gasteiger partial charge in [0.25, 0.3) is 0 Å². The molecule has 6 atom stereocenters. The average molecular weight is 481 g/mol. The van der Waals surface area contributed by atoms with Crippen LogP contribution in [0, 0.1) is 23.2 Å². The number of fused-ring (bicyclic) bond motifs is 5. The first-order valence-electron chi connectivity index (χ1n) is 14.2. The number of nitrogens with one attached hydrogen (secondary N) is 1. The van der Waals surface area contributed by atoms with Gasteiger partial charge in [-0.2, -0.15) is 0 Å². The van der Waals surface area contributed by atoms with Crippen molar-refractivity contribution >= 4 is 11.7 Å². The Morgan fingerprint density at radius 3 is 2.86 bits per heavy atom. The fraction of sp³-hybridized carbons (Fsp3) is 0.733. The predicted octanol–water partition coefficient (Wildman–Crippen LogP) is 5.12. The van der Waals surface area contributed by atoms with Gasteiger partial charge in [-0.1, -0.05) is 13.0 Å². The van der Waals surface area contributed by atoms with E-state index in [1.165, 1.54) is 43.5 Å². The van der Waals surface area contributed by atoms with E-state index >= 15 is 0 Å². The summed E-state index contributed by atoms with van der Waals surface area (Å²) in [6.07, 6.45) is 9.45. The van der Waals surface area contributed by atoms with Gasteiger partial charge < -0.3 is 15.0 Å². The fourth-order valence-corrected chi connectivity index (χ4v) is 8.02. The Bertz CT molecular complexity index is 946. The van der Waals surface area contributed by atoms with Crippen molar-refractivity contribution in [2.45, 2.75) is 90.5 Å². The second kappa shape index (κ2) is 10.2. The van der Waals surface area contributed by atoms with Crippen LogP contribution in [0.2, 0.25) is 0 Å². The number of likely N-dealkylation sites (tertiary alicyclic amines) is 1. The first-order valence-corrected chi connectivity index (χ1v) is 14.2. The monoisotopic (exact) mass is 480 g/mol. The molecule has 5 nitrogen and oxygen atoms in total. The molecule has 0 spiro atoms. The maximum Gasteiger partial charge on any atom is 0.223 e. The average Bonchev–Trinajstić information content (AvgIpc) is 3.38. The van der Waals surface area contributed by atoms with Crippen LogP contribution in [0.15, 0.2) is 18.2 Å². The highest BCUT2D eigenvalue weighted by Crippen LogP contribution is 2.61. The molecule has 192 valence electrons. The van der Waals surface area contributed by atoms with Gasteiger partial charge in [0.2, 0.25) is 5.91 Å². The first kappa shape index (κ1) is 24.8. The number of amides is 1. The highest BCUT2D eigenvalue weighted by molar-refractivity contribution is 5.94. The lowest BCUT2D eigenvalue weighted by Crippen LogP contribution is -2.46. The Balaban J connectivity index is 1.22. The number of ether oxygens (including phenoxy) is 1. The van der Waals surface area contributed by atoms with E-state index in [0.29, 0.717) is 30.6 Å². The van der Waals surface area contributed by atoms with Crippen molar-refractivity contribution in [3.8, 4) is 5.75 Å². The molecule has 1 aromatic rings. The van der Waals surface area contributed by atoms with E-state index in [0.717, 1.165) is 50.5 Å². The molecule has 3 aliphatic carbocycles. The molecule has 1 aliphatic heterocycles. The molecule has 0 bridgehead atoms. The number of nitrogens with zero attached hydrogens (tertiary/aromatic N) is 1. The third-order valence-corrected chi connectivity index (χ3v) is 9.91. The second-order valence-corrected chi connectivity index (χ2v) is 11.9. The number of hydrogen-bond donors (Lipinski definition) is 1. The van der Waals surface area contributed by atoms with E-state index in [-0.39, 0.29) is 23.2 Å². The lowest BCUT2D eigenvalue weighted by atomic mass is 9.54. The molecule has 6 unspecified atom stereocenters. The Morgan fingerprint density at radius 1 is 1.23 bits per heavy atom. The van der Waals surface area contributed by atoms with E-state index in [1.54, 1.807) is 0 Å². The van der Waals surface area contributed by atoms with Crippen LogP contribution in [0.4, 0.5) is 0 Å². The summed E-state index contributed by atoms with van der Waals surface area (Å²) in [4.78, 5) is 28.6. The number of ketones is 1. The molecule has 1 amide bonds. The van der Waals surface area contributed by atoms with Crippen molar-refractivity contribution in [1.29, 1.82) is 0 Å². The van der Waals surface area contributed by atoms with Crippen LogP contribution in [-0.4, -0.2) is 48.9 Å². The SMILES string of the molecule is CCNC(=O)C1CC(=O)C2(C)CCC3c4ccc(OCCCCN5CCCC5C)cc4CCC3C12. The van der Waals surface area contributed by atoms with E-state index in [4.69, 9.17) is 4.74 Å². The lowest BCUT2D eigenvalue weighted by Gasteiger charge is -2.49. The third-order valence-electron chi connectivity index (χ3n) is 9.91. The van der Waals surface area contributed by atoms with Crippen LogP contribution in [0.25, 0.3) is 0 Å². The standard InChI is InChI=1S/C30H44N2O3/c1-4-31-29(34)26-19-27(33)30(3)14-13-24-23-12-10-22(18-21(23)9-11-25(24)28(26)30)35-17-6-5-15-32-16-7-8-20(32)2/h10,12,18,20,24-26,28H,4-9,11,13-17,19H2,1-3H3,(H,31,34). The van der Waals surface area contributed by atoms with Gasteiger partial charge in [-0.25, -0.2) is 0 Å². The van der Waals surface area contributed by atoms with Crippen molar-refractivity contribution in [3.05, 3.63) is 29.3 Å². The Morgan fingerprint density at radius 2 is 2.09 bits per heavy atom. The molecule has 3 fully saturated rings. The molecule has 5 heteroatoms. The minimum absolute atomic E-state index is 0.0870. The molecule has 1 heterocycles. The Kier molecular flexibility index (Phi) is 7.25. The van der Waals surface area contributed by atoms with Gasteiger partial charge in [0.1, 0.15) is 11.5 Å². The Labute approximate surface area is 211 Å². The highest BCUT2D eigenvalue weighted by Gasteiger charge is 2.60. The molecule has 35 heavy (non-hydrogen) atoms. The second-order valence-electron chi connectivity index (χ2n) is 11.9. The largest absolute Gasteiger partial charge is 0.494 e. The quantitative estimate of drug-likeness (QED) is 0.525. The highest BCUT2D eigenvalue weighted by atomic mass is 16.5. The summed E-state index contributed by atoms with van der Waals surface area (Å²) in [6.45, 7) is 10.3. The number of Topliss-reactive ketones (excluding diaryl/α,β-unsaturated/α-hetero) is 1. The summed E-state index contributed by atoms with van der Waals surface area (Å²) in [5, 5.41) is 3.02. The molecule has 2 saturated carbocycles. The van der Waals surface area contributed by atoms with E-state index in [1.807, 2.05) is 6.92 Å². The topological polar surface area (TPSA) is 58.6 Å². The molecule has 5 rings (SSSR count). The van der Waals surface area contributed by atoms with Crippen LogP contribution in [0.3, 0.4) is 0 Å². The summed E-state index contributed by atoms with van der Waals surface area (Å²) in [5.74, 6) is 2.27. The van der Waals surface area contributed by atoms with Crippen LogP contribution >= 0.6 is 0 Å². The molecule has 0 aromatic heterocycles. The van der Waals surface area contributed by atoms with Crippen molar-refractivity contribution in [1.82, 2.24) is 10.2 Å². The van der Waals surface area contributed by atoms with Crippen LogP contribution < -0.4 is 10.1 Å². The van der Waals surface area contributed by atoms with E-state index < -0.39 is 0 Å². The maximum absolute atomic E-state index is 13.1. The summed E-state index contributed by atoms with van der Waals surface area (Å²) in [5.41, 5.74) is 2.52. The fourth-order valence-electron chi connectivity index (χ4n) is 8.02. The minimum Gasteiger partial charge on any atom is -0.494 e. The lowest BCUT2D eigenvalue weighted by molar-refractivity contribution is -0.130. The van der Waals surface area contributed by atoms with E-state index in [2.05, 4.69) is 42.3 Å². The number of benzene rings is 1. The third kappa shape index (κ3) is 4.65. The normalized spacial score (nSPS) is 34.3. The molecular weight excluding hydrogens is 436 g/mol. The summed E-state index contributed by atoms with van der Waals surface area (Å²) < 4.78 is 6.16. The first-order chi connectivity index (χ1) is 16.9. The number of rotatable bonds is 8. The van der Waals surface area contributed by atoms with Gasteiger partial charge in [0, 0.05) is 30.3 Å². The zero-order valence-electron chi connectivity index (χ0n) is 22.0. The zero-order chi connectivity index (χ0) is 24.6. The summed E-state index contributed by atoms with van der Waals surface area (Å²) in [6, 6.07) is 7.45. The maximum atomic E-state index is 13.1. The zero-order valence-corrected chi connectivity index (χ0v) is 22.0. The number of aryl methyl sites for hydroxylation is 1. The Hall–Kier alpha value is -1.88. The molecular formula is C30H44N2O3. The van der Waals surface area contributed by atoms with Crippen molar-refractivity contribution in [3.63, 3.8) is 0 Å². The summed E-state index contributed by atoms with van der Waals surface area (Å²) in [7, 11) is 0. The molecule has 0 radical (unpaired) electrons. The van der Waals surface area contributed by atoms with Gasteiger partial charge in [-0.15, -0.1) is 0 Å². The number of carbonyl (C=O) groups is 2. The number of carbonyl (C=O) groups excluding carboxylic acids is 2. The molecule has 1 N–H and O–H groups in total. The van der Waals surface area contributed by atoms with Gasteiger partial charge >= 0.3 is 0 Å².